The van der Waals surface area contributed by atoms with E-state index in [9.17, 15) is 0 Å². The summed E-state index contributed by atoms with van der Waals surface area (Å²) in [6.07, 6.45) is 0. The van der Waals surface area contributed by atoms with E-state index < -0.39 is 0 Å². The highest BCUT2D eigenvalue weighted by Crippen LogP contribution is 2.33. The van der Waals surface area contributed by atoms with E-state index >= 15 is 0 Å². The van der Waals surface area contributed by atoms with Gasteiger partial charge in [-0.2, -0.15) is 0 Å². The summed E-state index contributed by atoms with van der Waals surface area (Å²) in [6, 6.07) is 14.1. The van der Waals surface area contributed by atoms with Gasteiger partial charge >= 0.3 is 0 Å². The lowest BCUT2D eigenvalue weighted by molar-refractivity contribution is 1.46. The quantitative estimate of drug-likeness (QED) is 0.735. The highest BCUT2D eigenvalue weighted by Gasteiger charge is 2.07. The summed E-state index contributed by atoms with van der Waals surface area (Å²) in [6.45, 7) is 0. The van der Waals surface area contributed by atoms with Crippen LogP contribution in [0.25, 0.3) is 20.8 Å². The zero-order chi connectivity index (χ0) is 12.5. The molecule has 90 valence electrons. The topological polar surface area (TPSA) is 24.9 Å². The van der Waals surface area contributed by atoms with Gasteiger partial charge in [0.05, 0.1) is 20.9 Å². The molecule has 0 amide bonds. The molecule has 0 saturated heterocycles. The summed E-state index contributed by atoms with van der Waals surface area (Å²) in [4.78, 5) is 4.64. The molecule has 0 aliphatic heterocycles. The van der Waals surface area contributed by atoms with Crippen LogP contribution in [0.5, 0.6) is 0 Å². The molecular formula is C14H11ClN2S. The van der Waals surface area contributed by atoms with Crippen molar-refractivity contribution in [1.82, 2.24) is 4.98 Å². The number of hydrogen-bond donors (Lipinski definition) is 1. The molecule has 2 aromatic carbocycles. The molecule has 0 spiro atoms. The molecule has 2 nitrogen and oxygen atoms in total. The van der Waals surface area contributed by atoms with E-state index in [1.54, 1.807) is 11.3 Å². The zero-order valence-corrected chi connectivity index (χ0v) is 11.3. The summed E-state index contributed by atoms with van der Waals surface area (Å²) >= 11 is 7.78. The maximum Gasteiger partial charge on any atom is 0.124 e. The summed E-state index contributed by atoms with van der Waals surface area (Å²) in [7, 11) is 1.86. The molecule has 1 aromatic heterocycles. The minimum absolute atomic E-state index is 0.724. The lowest BCUT2D eigenvalue weighted by Gasteiger charge is -2.04. The van der Waals surface area contributed by atoms with E-state index in [4.69, 9.17) is 11.6 Å². The van der Waals surface area contributed by atoms with E-state index in [2.05, 4.69) is 16.4 Å². The molecule has 0 aliphatic carbocycles. The fourth-order valence-electron chi connectivity index (χ4n) is 1.85. The number of anilines is 1. The Kier molecular flexibility index (Phi) is 2.94. The van der Waals surface area contributed by atoms with Gasteiger partial charge in [0.2, 0.25) is 0 Å². The van der Waals surface area contributed by atoms with Gasteiger partial charge in [-0.3, -0.25) is 0 Å². The molecule has 3 aromatic rings. The Morgan fingerprint density at radius 1 is 1.17 bits per heavy atom. The van der Waals surface area contributed by atoms with Crippen molar-refractivity contribution in [2.24, 2.45) is 0 Å². The van der Waals surface area contributed by atoms with Gasteiger partial charge in [-0.25, -0.2) is 4.98 Å². The van der Waals surface area contributed by atoms with E-state index in [1.165, 1.54) is 4.70 Å². The number of thiazole rings is 1. The first-order valence-electron chi connectivity index (χ1n) is 5.61. The molecule has 1 N–H and O–H groups in total. The maximum absolute atomic E-state index is 6.08. The first-order valence-corrected chi connectivity index (χ1v) is 6.80. The van der Waals surface area contributed by atoms with Crippen LogP contribution in [0.4, 0.5) is 5.69 Å². The molecular weight excluding hydrogens is 264 g/mol. The Balaban J connectivity index is 2.13. The minimum Gasteiger partial charge on any atom is -0.387 e. The fraction of sp³-hybridized carbons (Fsp3) is 0.0714. The molecule has 1 heterocycles. The third-order valence-corrected chi connectivity index (χ3v) is 4.19. The van der Waals surface area contributed by atoms with Crippen LogP contribution in [0.1, 0.15) is 0 Å². The van der Waals surface area contributed by atoms with Crippen LogP contribution in [0, 0.1) is 0 Å². The van der Waals surface area contributed by atoms with Gasteiger partial charge < -0.3 is 5.32 Å². The van der Waals surface area contributed by atoms with E-state index in [0.717, 1.165) is 26.8 Å². The lowest BCUT2D eigenvalue weighted by Crippen LogP contribution is -1.89. The van der Waals surface area contributed by atoms with Crippen molar-refractivity contribution in [3.8, 4) is 10.6 Å². The second kappa shape index (κ2) is 4.59. The van der Waals surface area contributed by atoms with Crippen molar-refractivity contribution >= 4 is 38.8 Å². The first kappa shape index (κ1) is 11.5. The molecule has 0 saturated carbocycles. The predicted molar refractivity (Wildman–Crippen MR) is 79.6 cm³/mol. The van der Waals surface area contributed by atoms with Gasteiger partial charge in [-0.15, -0.1) is 11.3 Å². The maximum atomic E-state index is 6.08. The van der Waals surface area contributed by atoms with Crippen LogP contribution >= 0.6 is 22.9 Å². The SMILES string of the molecule is CNc1cc(-c2nc3ccccc3s2)ccc1Cl. The summed E-state index contributed by atoms with van der Waals surface area (Å²) in [5, 5.41) is 4.83. The molecule has 0 bridgehead atoms. The number of hydrogen-bond acceptors (Lipinski definition) is 3. The molecule has 18 heavy (non-hydrogen) atoms. The molecule has 4 heteroatoms. The van der Waals surface area contributed by atoms with Gasteiger partial charge in [-0.05, 0) is 24.3 Å². The van der Waals surface area contributed by atoms with Gasteiger partial charge in [-0.1, -0.05) is 29.8 Å². The van der Waals surface area contributed by atoms with Crippen LogP contribution in [-0.4, -0.2) is 12.0 Å². The van der Waals surface area contributed by atoms with Crippen LogP contribution in [0.2, 0.25) is 5.02 Å². The van der Waals surface area contributed by atoms with Gasteiger partial charge in [0.15, 0.2) is 0 Å². The number of nitrogens with one attached hydrogen (secondary N) is 1. The van der Waals surface area contributed by atoms with Crippen LogP contribution in [0.3, 0.4) is 0 Å². The number of para-hydroxylation sites is 1. The molecule has 0 radical (unpaired) electrons. The second-order valence-electron chi connectivity index (χ2n) is 3.93. The average molecular weight is 275 g/mol. The third-order valence-electron chi connectivity index (χ3n) is 2.78. The van der Waals surface area contributed by atoms with Crippen molar-refractivity contribution in [2.75, 3.05) is 12.4 Å². The van der Waals surface area contributed by atoms with Crippen molar-refractivity contribution in [2.45, 2.75) is 0 Å². The molecule has 0 fully saturated rings. The standard InChI is InChI=1S/C14H11ClN2S/c1-16-12-8-9(6-7-10(12)15)14-17-11-4-2-3-5-13(11)18-14/h2-8,16H,1H3. The van der Waals surface area contributed by atoms with Crippen molar-refractivity contribution in [3.05, 3.63) is 47.5 Å². The molecule has 0 atom stereocenters. The Labute approximate surface area is 114 Å². The van der Waals surface area contributed by atoms with Gasteiger partial charge in [0.25, 0.3) is 0 Å². The highest BCUT2D eigenvalue weighted by atomic mass is 35.5. The van der Waals surface area contributed by atoms with E-state index in [-0.39, 0.29) is 0 Å². The van der Waals surface area contributed by atoms with Crippen LogP contribution in [-0.2, 0) is 0 Å². The lowest BCUT2D eigenvalue weighted by atomic mass is 10.2. The minimum atomic E-state index is 0.724. The molecule has 3 rings (SSSR count). The van der Waals surface area contributed by atoms with Gasteiger partial charge in [0.1, 0.15) is 5.01 Å². The number of benzene rings is 2. The Morgan fingerprint density at radius 2 is 2.00 bits per heavy atom. The van der Waals surface area contributed by atoms with Gasteiger partial charge in [0, 0.05) is 12.6 Å². The van der Waals surface area contributed by atoms with Crippen LogP contribution < -0.4 is 5.32 Å². The smallest absolute Gasteiger partial charge is 0.124 e. The van der Waals surface area contributed by atoms with Crippen LogP contribution in [0.15, 0.2) is 42.5 Å². The number of halogens is 1. The number of aromatic nitrogens is 1. The van der Waals surface area contributed by atoms with E-state index in [0.29, 0.717) is 0 Å². The van der Waals surface area contributed by atoms with E-state index in [1.807, 2.05) is 43.4 Å². The average Bonchev–Trinajstić information content (AvgIpc) is 2.83. The summed E-state index contributed by atoms with van der Waals surface area (Å²) in [5.41, 5.74) is 3.05. The number of fused-ring (bicyclic) bond motifs is 1. The summed E-state index contributed by atoms with van der Waals surface area (Å²) in [5.74, 6) is 0. The predicted octanol–water partition coefficient (Wildman–Crippen LogP) is 4.66. The number of rotatable bonds is 2. The first-order chi connectivity index (χ1) is 8.78. The van der Waals surface area contributed by atoms with Crippen molar-refractivity contribution in [3.63, 3.8) is 0 Å². The Bertz CT molecular complexity index is 673. The fourth-order valence-corrected chi connectivity index (χ4v) is 3.02. The zero-order valence-electron chi connectivity index (χ0n) is 9.77. The normalized spacial score (nSPS) is 10.8. The van der Waals surface area contributed by atoms with Crippen molar-refractivity contribution in [1.29, 1.82) is 0 Å². The summed E-state index contributed by atoms with van der Waals surface area (Å²) < 4.78 is 1.20. The Morgan fingerprint density at radius 3 is 2.78 bits per heavy atom. The largest absolute Gasteiger partial charge is 0.387 e. The monoisotopic (exact) mass is 274 g/mol. The third kappa shape index (κ3) is 1.96. The molecule has 0 unspecified atom stereocenters. The second-order valence-corrected chi connectivity index (χ2v) is 5.37. The highest BCUT2D eigenvalue weighted by molar-refractivity contribution is 7.21. The van der Waals surface area contributed by atoms with Crippen molar-refractivity contribution < 1.29 is 0 Å². The molecule has 0 aliphatic rings. The Hall–Kier alpha value is -1.58. The number of nitrogens with zero attached hydrogens (tertiary/aromatic N) is 1.